The summed E-state index contributed by atoms with van der Waals surface area (Å²) < 4.78 is 9.30. The van der Waals surface area contributed by atoms with E-state index in [-0.39, 0.29) is 49.4 Å². The second kappa shape index (κ2) is 31.4. The van der Waals surface area contributed by atoms with E-state index in [1.54, 1.807) is 74.5 Å². The number of pyridine rings is 2. The Balaban J connectivity index is 0.000000301. The van der Waals surface area contributed by atoms with Crippen molar-refractivity contribution in [3.63, 3.8) is 0 Å². The van der Waals surface area contributed by atoms with Crippen molar-refractivity contribution in [3.05, 3.63) is 156 Å². The van der Waals surface area contributed by atoms with Crippen molar-refractivity contribution in [1.82, 2.24) is 52.1 Å². The van der Waals surface area contributed by atoms with Crippen LogP contribution in [-0.2, 0) is 46.3 Å². The van der Waals surface area contributed by atoms with Crippen LogP contribution in [0.25, 0.3) is 21.8 Å². The van der Waals surface area contributed by atoms with Gasteiger partial charge in [-0.15, -0.1) is 0 Å². The van der Waals surface area contributed by atoms with Gasteiger partial charge in [0.2, 0.25) is 23.6 Å². The number of hydrogen-bond acceptors (Lipinski definition) is 16. The highest BCUT2D eigenvalue weighted by Crippen LogP contribution is 2.16. The molecule has 24 heteroatoms. The van der Waals surface area contributed by atoms with Gasteiger partial charge in [0, 0.05) is 29.4 Å². The number of nitrogens with two attached hydrogens (primary N) is 2. The summed E-state index contributed by atoms with van der Waals surface area (Å²) in [6.45, 7) is 6.86. The summed E-state index contributed by atoms with van der Waals surface area (Å²) in [6, 6.07) is 34.0. The van der Waals surface area contributed by atoms with Gasteiger partial charge < -0.3 is 47.3 Å². The molecule has 0 spiro atoms. The average molecular weight is 1130 g/mol. The third kappa shape index (κ3) is 20.1. The standard InChI is InChI=1S/C29H36N6O6.C29H34N6O6/c2*1-18(2)35(34-29(40)41-3)17-25(36)23(15-19-9-5-4-6-10-19)32-28(39)24(16-26(30)37)33-27(38)22-14-13-20-11-7-8-12-21(20)31-22/h4-14,18,23-25,36H,15-17H2,1-3H3,(H2,30,37)(H,32,39)(H,33,38)(H,34,40);4-14,18,23-24H,15-17H2,1-3H3,(H2,30,37)(H,32,39)(H,33,38)(H,34,40)/t23-,24+,25?;23-,24+/m00/s1. The zero-order valence-corrected chi connectivity index (χ0v) is 46.4. The van der Waals surface area contributed by atoms with Gasteiger partial charge in [0.1, 0.15) is 23.5 Å². The molecule has 0 aliphatic carbocycles. The van der Waals surface area contributed by atoms with Gasteiger partial charge in [0.25, 0.3) is 11.8 Å². The van der Waals surface area contributed by atoms with Gasteiger partial charge in [-0.25, -0.2) is 29.6 Å². The maximum Gasteiger partial charge on any atom is 0.421 e. The quantitative estimate of drug-likeness (QED) is 0.0353. The van der Waals surface area contributed by atoms with E-state index in [0.717, 1.165) is 21.9 Å². The van der Waals surface area contributed by atoms with Crippen LogP contribution in [0.4, 0.5) is 9.59 Å². The number of para-hydroxylation sites is 2. The van der Waals surface area contributed by atoms with E-state index in [4.69, 9.17) is 11.5 Å². The van der Waals surface area contributed by atoms with Gasteiger partial charge in [-0.05, 0) is 75.9 Å². The Bertz CT molecular complexity index is 3170. The van der Waals surface area contributed by atoms with Crippen LogP contribution in [0.1, 0.15) is 72.6 Å². The van der Waals surface area contributed by atoms with Gasteiger partial charge in [-0.3, -0.25) is 44.4 Å². The van der Waals surface area contributed by atoms with Crippen molar-refractivity contribution in [2.75, 3.05) is 27.3 Å². The number of nitrogens with one attached hydrogen (secondary N) is 6. The van der Waals surface area contributed by atoms with Gasteiger partial charge in [-0.1, -0.05) is 109 Å². The van der Waals surface area contributed by atoms with Crippen LogP contribution in [0.5, 0.6) is 0 Å². The lowest BCUT2D eigenvalue weighted by molar-refractivity contribution is -0.131. The summed E-state index contributed by atoms with van der Waals surface area (Å²) in [5.74, 6) is -4.88. The number of amides is 8. The summed E-state index contributed by atoms with van der Waals surface area (Å²) in [4.78, 5) is 122. The molecule has 1 unspecified atom stereocenters. The minimum atomic E-state index is -1.37. The summed E-state index contributed by atoms with van der Waals surface area (Å²) in [6.07, 6.45) is -3.25. The minimum Gasteiger partial charge on any atom is -0.452 e. The van der Waals surface area contributed by atoms with Gasteiger partial charge in [0.05, 0.1) is 62.8 Å². The molecule has 0 aliphatic heterocycles. The SMILES string of the molecule is COC(=O)NN(CC(=O)[C@H](Cc1ccccc1)NC(=O)[C@@H](CC(N)=O)NC(=O)c1ccc2ccccc2n1)C(C)C.COC(=O)NN(CC(O)[C@H](Cc1ccccc1)NC(=O)[C@@H](CC(N)=O)NC(=O)c1ccc2ccccc2n1)C(C)C. The predicted octanol–water partition coefficient (Wildman–Crippen LogP) is 2.77. The van der Waals surface area contributed by atoms with Crippen LogP contribution >= 0.6 is 0 Å². The van der Waals surface area contributed by atoms with E-state index in [1.165, 1.54) is 36.4 Å². The molecule has 0 saturated carbocycles. The summed E-state index contributed by atoms with van der Waals surface area (Å²) in [5, 5.41) is 26.2. The average Bonchev–Trinajstić information content (AvgIpc) is 3.49. The largest absolute Gasteiger partial charge is 0.452 e. The minimum absolute atomic E-state index is 0.0457. The maximum absolute atomic E-state index is 13.4. The van der Waals surface area contributed by atoms with Crippen molar-refractivity contribution in [2.24, 2.45) is 11.5 Å². The normalized spacial score (nSPS) is 12.9. The lowest BCUT2D eigenvalue weighted by Gasteiger charge is -2.32. The number of hydrogen-bond donors (Lipinski definition) is 9. The van der Waals surface area contributed by atoms with Crippen molar-refractivity contribution in [2.45, 2.75) is 95.7 Å². The van der Waals surface area contributed by atoms with Gasteiger partial charge in [-0.2, -0.15) is 0 Å². The number of carbonyl (C=O) groups excluding carboxylic acids is 9. The predicted molar refractivity (Wildman–Crippen MR) is 304 cm³/mol. The second-order valence-electron chi connectivity index (χ2n) is 19.4. The number of primary amides is 2. The number of fused-ring (bicyclic) bond motifs is 2. The zero-order valence-electron chi connectivity index (χ0n) is 46.4. The van der Waals surface area contributed by atoms with Crippen LogP contribution in [0.3, 0.4) is 0 Å². The number of ether oxygens (including phenoxy) is 2. The fourth-order valence-corrected chi connectivity index (χ4v) is 8.14. The number of carbonyl (C=O) groups is 9. The lowest BCUT2D eigenvalue weighted by atomic mass is 9.99. The molecule has 5 atom stereocenters. The van der Waals surface area contributed by atoms with Crippen LogP contribution in [0, 0.1) is 0 Å². The van der Waals surface area contributed by atoms with E-state index in [2.05, 4.69) is 51.6 Å². The van der Waals surface area contributed by atoms with E-state index in [0.29, 0.717) is 11.0 Å². The van der Waals surface area contributed by atoms with Crippen molar-refractivity contribution < 1.29 is 57.7 Å². The highest BCUT2D eigenvalue weighted by Gasteiger charge is 2.33. The van der Waals surface area contributed by atoms with E-state index in [1.807, 2.05) is 74.5 Å². The molecule has 0 aliphatic rings. The van der Waals surface area contributed by atoms with Crippen molar-refractivity contribution in [3.8, 4) is 0 Å². The molecule has 4 aromatic carbocycles. The molecular weight excluding hydrogens is 1060 g/mol. The first kappa shape index (κ1) is 63.4. The third-order valence-corrected chi connectivity index (χ3v) is 12.6. The molecule has 2 aromatic heterocycles. The number of benzene rings is 4. The number of hydrazine groups is 2. The van der Waals surface area contributed by atoms with Crippen LogP contribution < -0.4 is 43.6 Å². The van der Waals surface area contributed by atoms with Gasteiger partial charge in [0.15, 0.2) is 5.78 Å². The highest BCUT2D eigenvalue weighted by atomic mass is 16.5. The summed E-state index contributed by atoms with van der Waals surface area (Å²) >= 11 is 0. The monoisotopic (exact) mass is 1130 g/mol. The molecule has 0 bridgehead atoms. The Hall–Kier alpha value is -9.39. The molecule has 0 radical (unpaired) electrons. The number of aromatic nitrogens is 2. The van der Waals surface area contributed by atoms with E-state index >= 15 is 0 Å². The van der Waals surface area contributed by atoms with Crippen molar-refractivity contribution in [1.29, 1.82) is 0 Å². The van der Waals surface area contributed by atoms with Crippen LogP contribution in [0.2, 0.25) is 0 Å². The first-order valence-corrected chi connectivity index (χ1v) is 26.2. The molecule has 8 amide bonds. The van der Waals surface area contributed by atoms with Gasteiger partial charge >= 0.3 is 12.2 Å². The fourth-order valence-electron chi connectivity index (χ4n) is 8.14. The fraction of sp³-hybridized carbons (Fsp3) is 0.328. The Morgan fingerprint density at radius 3 is 1.37 bits per heavy atom. The van der Waals surface area contributed by atoms with E-state index < -0.39 is 96.5 Å². The summed E-state index contributed by atoms with van der Waals surface area (Å²) in [5.41, 5.74) is 18.7. The first-order chi connectivity index (χ1) is 39.1. The number of methoxy groups -OCH3 is 2. The lowest BCUT2D eigenvalue weighted by Crippen LogP contribution is -2.58. The molecule has 82 heavy (non-hydrogen) atoms. The number of nitrogens with zero attached hydrogens (tertiary/aromatic N) is 4. The Morgan fingerprint density at radius 1 is 0.512 bits per heavy atom. The maximum atomic E-state index is 13.4. The highest BCUT2D eigenvalue weighted by molar-refractivity contribution is 6.01. The Labute approximate surface area is 474 Å². The summed E-state index contributed by atoms with van der Waals surface area (Å²) in [7, 11) is 2.43. The number of ketones is 1. The molecule has 0 fully saturated rings. The first-order valence-electron chi connectivity index (χ1n) is 26.2. The molecule has 6 rings (SSSR count). The van der Waals surface area contributed by atoms with Crippen molar-refractivity contribution >= 4 is 75.2 Å². The molecular formula is C58H70N12O12. The molecule has 434 valence electrons. The Kier molecular flexibility index (Phi) is 24.3. The van der Waals surface area contributed by atoms with Crippen LogP contribution in [0.15, 0.2) is 133 Å². The van der Waals surface area contributed by atoms with E-state index in [9.17, 15) is 48.3 Å². The molecule has 2 heterocycles. The Morgan fingerprint density at radius 2 is 0.927 bits per heavy atom. The molecule has 6 aromatic rings. The zero-order chi connectivity index (χ0) is 59.9. The smallest absolute Gasteiger partial charge is 0.421 e. The molecule has 11 N–H and O–H groups in total. The third-order valence-electron chi connectivity index (χ3n) is 12.6. The molecule has 24 nitrogen and oxygen atoms in total. The second-order valence-corrected chi connectivity index (χ2v) is 19.4. The number of rotatable bonds is 26. The number of aliphatic hydroxyl groups excluding tert-OH is 1. The topological polar surface area (TPSA) is 349 Å². The number of aliphatic hydroxyl groups is 1. The number of Topliss-reactive ketones (excluding diaryl/α,β-unsaturated/α-hetero) is 1. The van der Waals surface area contributed by atoms with Crippen LogP contribution in [-0.4, -0.2) is 148 Å². The molecule has 0 saturated heterocycles.